The molecule has 2 rings (SSSR count). The quantitative estimate of drug-likeness (QED) is 0.842. The van der Waals surface area contributed by atoms with Crippen molar-refractivity contribution in [1.29, 1.82) is 0 Å². The number of halogens is 2. The summed E-state index contributed by atoms with van der Waals surface area (Å²) in [5.74, 6) is -1.11. The lowest BCUT2D eigenvalue weighted by Gasteiger charge is -2.31. The Hall–Kier alpha value is -1.37. The Morgan fingerprint density at radius 3 is 2.55 bits per heavy atom. The van der Waals surface area contributed by atoms with E-state index >= 15 is 0 Å². The lowest BCUT2D eigenvalue weighted by Crippen LogP contribution is -2.41. The van der Waals surface area contributed by atoms with Crippen LogP contribution in [0.2, 0.25) is 0 Å². The maximum Gasteiger partial charge on any atom is 0.227 e. The molecule has 0 spiro atoms. The first kappa shape index (κ1) is 15.0. The van der Waals surface area contributed by atoms with E-state index in [0.29, 0.717) is 36.1 Å². The second kappa shape index (κ2) is 6.39. The topological polar surface area (TPSA) is 49.4 Å². The van der Waals surface area contributed by atoms with Gasteiger partial charge in [0.25, 0.3) is 0 Å². The summed E-state index contributed by atoms with van der Waals surface area (Å²) in [7, 11) is 5.19. The number of carbonyl (C=O) groups excluding carboxylic acids is 2. The molecule has 0 aliphatic carbocycles. The largest absolute Gasteiger partial charge is 0.352 e. The number of nitrogens with one attached hydrogen (secondary N) is 1. The van der Waals surface area contributed by atoms with Crippen LogP contribution in [-0.4, -0.2) is 37.5 Å². The SMILES string of the molecule is [B]C(=O)N1CCC(C(=O)Nc2ccc(F)cc2Br)CC1. The van der Waals surface area contributed by atoms with Crippen molar-refractivity contribution < 1.29 is 14.0 Å². The van der Waals surface area contributed by atoms with Gasteiger partial charge in [0, 0.05) is 23.5 Å². The van der Waals surface area contributed by atoms with Gasteiger partial charge in [-0.3, -0.25) is 9.59 Å². The van der Waals surface area contributed by atoms with Gasteiger partial charge in [-0.1, -0.05) is 0 Å². The Kier molecular flexibility index (Phi) is 4.80. The zero-order valence-electron chi connectivity index (χ0n) is 10.7. The first-order valence-corrected chi connectivity index (χ1v) is 7.07. The molecule has 0 aromatic heterocycles. The maximum absolute atomic E-state index is 13.0. The molecule has 1 heterocycles. The molecule has 1 aliphatic rings. The fourth-order valence-corrected chi connectivity index (χ4v) is 2.64. The van der Waals surface area contributed by atoms with E-state index in [2.05, 4.69) is 21.2 Å². The molecular formula is C13H13BBrFN2O2. The van der Waals surface area contributed by atoms with Crippen LogP contribution >= 0.6 is 15.9 Å². The molecule has 1 aromatic rings. The van der Waals surface area contributed by atoms with Gasteiger partial charge in [0.05, 0.1) is 5.69 Å². The fraction of sp³-hybridized carbons (Fsp3) is 0.385. The molecule has 0 saturated carbocycles. The summed E-state index contributed by atoms with van der Waals surface area (Å²) in [5, 5.41) is 2.76. The van der Waals surface area contributed by atoms with E-state index < -0.39 is 5.81 Å². The molecule has 1 aromatic carbocycles. The Labute approximate surface area is 126 Å². The number of hydrogen-bond donors (Lipinski definition) is 1. The number of nitrogens with zero attached hydrogens (tertiary/aromatic N) is 1. The van der Waals surface area contributed by atoms with E-state index in [1.54, 1.807) is 0 Å². The number of amides is 2. The highest BCUT2D eigenvalue weighted by Crippen LogP contribution is 2.25. The van der Waals surface area contributed by atoms with E-state index in [9.17, 15) is 14.0 Å². The summed E-state index contributed by atoms with van der Waals surface area (Å²) >= 11 is 3.20. The lowest BCUT2D eigenvalue weighted by atomic mass is 9.94. The van der Waals surface area contributed by atoms with E-state index in [0.717, 1.165) is 0 Å². The minimum Gasteiger partial charge on any atom is -0.352 e. The third-order valence-electron chi connectivity index (χ3n) is 3.37. The molecule has 0 bridgehead atoms. The fourth-order valence-electron chi connectivity index (χ4n) is 2.19. The first-order chi connectivity index (χ1) is 9.47. The Morgan fingerprint density at radius 1 is 1.35 bits per heavy atom. The van der Waals surface area contributed by atoms with Crippen LogP contribution in [-0.2, 0) is 4.79 Å². The summed E-state index contributed by atoms with van der Waals surface area (Å²) in [4.78, 5) is 24.7. The van der Waals surface area contributed by atoms with Crippen molar-refractivity contribution >= 4 is 41.2 Å². The Bertz CT molecular complexity index is 533. The minimum atomic E-state index is -0.454. The summed E-state index contributed by atoms with van der Waals surface area (Å²) < 4.78 is 13.5. The average molecular weight is 339 g/mol. The number of piperidine rings is 1. The second-order valence-corrected chi connectivity index (χ2v) is 5.57. The van der Waals surface area contributed by atoms with Crippen LogP contribution in [0, 0.1) is 11.7 Å². The highest BCUT2D eigenvalue weighted by Gasteiger charge is 2.26. The van der Waals surface area contributed by atoms with Crippen LogP contribution in [0.5, 0.6) is 0 Å². The van der Waals surface area contributed by atoms with Gasteiger partial charge in [-0.25, -0.2) is 4.39 Å². The van der Waals surface area contributed by atoms with Gasteiger partial charge in [-0.15, -0.1) is 0 Å². The zero-order chi connectivity index (χ0) is 14.7. The van der Waals surface area contributed by atoms with Crippen molar-refractivity contribution in [3.05, 3.63) is 28.5 Å². The molecule has 0 atom stereocenters. The molecule has 104 valence electrons. The van der Waals surface area contributed by atoms with Gasteiger partial charge >= 0.3 is 0 Å². The summed E-state index contributed by atoms with van der Waals surface area (Å²) in [6, 6.07) is 4.09. The van der Waals surface area contributed by atoms with E-state index in [-0.39, 0.29) is 17.6 Å². The maximum atomic E-state index is 13.0. The van der Waals surface area contributed by atoms with Crippen LogP contribution < -0.4 is 5.32 Å². The predicted octanol–water partition coefficient (Wildman–Crippen LogP) is 2.53. The molecule has 2 radical (unpaired) electrons. The molecule has 20 heavy (non-hydrogen) atoms. The van der Waals surface area contributed by atoms with Gasteiger partial charge in [0.2, 0.25) is 13.8 Å². The van der Waals surface area contributed by atoms with E-state index in [1.807, 2.05) is 0 Å². The molecule has 0 unspecified atom stereocenters. The van der Waals surface area contributed by atoms with Crippen molar-refractivity contribution in [3.8, 4) is 0 Å². The van der Waals surface area contributed by atoms with Crippen LogP contribution in [0.3, 0.4) is 0 Å². The molecule has 1 aliphatic heterocycles. The van der Waals surface area contributed by atoms with Gasteiger partial charge in [-0.05, 0) is 47.0 Å². The van der Waals surface area contributed by atoms with Gasteiger partial charge < -0.3 is 10.2 Å². The number of benzene rings is 1. The second-order valence-electron chi connectivity index (χ2n) is 4.71. The molecule has 7 heteroatoms. The number of carbonyl (C=O) groups is 2. The molecular weight excluding hydrogens is 326 g/mol. The van der Waals surface area contributed by atoms with Gasteiger partial charge in [-0.2, -0.15) is 0 Å². The third-order valence-corrected chi connectivity index (χ3v) is 4.02. The normalized spacial score (nSPS) is 16.0. The minimum absolute atomic E-state index is 0.124. The van der Waals surface area contributed by atoms with Crippen molar-refractivity contribution in [2.24, 2.45) is 5.92 Å². The van der Waals surface area contributed by atoms with Gasteiger partial charge in [0.1, 0.15) is 5.82 Å². The Balaban J connectivity index is 1.94. The number of anilines is 1. The smallest absolute Gasteiger partial charge is 0.227 e. The van der Waals surface area contributed by atoms with Crippen molar-refractivity contribution in [3.63, 3.8) is 0 Å². The number of likely N-dealkylation sites (tertiary alicyclic amines) is 1. The predicted molar refractivity (Wildman–Crippen MR) is 78.2 cm³/mol. The first-order valence-electron chi connectivity index (χ1n) is 6.27. The van der Waals surface area contributed by atoms with Crippen molar-refractivity contribution in [1.82, 2.24) is 4.90 Å². The zero-order valence-corrected chi connectivity index (χ0v) is 12.3. The highest BCUT2D eigenvalue weighted by atomic mass is 79.9. The summed E-state index contributed by atoms with van der Waals surface area (Å²) in [5.41, 5.74) is 0.536. The van der Waals surface area contributed by atoms with Crippen LogP contribution in [0.1, 0.15) is 12.8 Å². The summed E-state index contributed by atoms with van der Waals surface area (Å²) in [6.45, 7) is 0.968. The molecule has 1 N–H and O–H groups in total. The van der Waals surface area contributed by atoms with E-state index in [4.69, 9.17) is 7.85 Å². The van der Waals surface area contributed by atoms with Crippen molar-refractivity contribution in [2.75, 3.05) is 18.4 Å². The van der Waals surface area contributed by atoms with Gasteiger partial charge in [0.15, 0.2) is 5.81 Å². The van der Waals surface area contributed by atoms with Crippen LogP contribution in [0.25, 0.3) is 0 Å². The summed E-state index contributed by atoms with van der Waals surface area (Å²) in [6.07, 6.45) is 1.15. The molecule has 1 saturated heterocycles. The third kappa shape index (κ3) is 3.59. The molecule has 1 fully saturated rings. The van der Waals surface area contributed by atoms with Crippen LogP contribution in [0.15, 0.2) is 22.7 Å². The van der Waals surface area contributed by atoms with E-state index in [1.165, 1.54) is 23.1 Å². The highest BCUT2D eigenvalue weighted by molar-refractivity contribution is 9.10. The standard InChI is InChI=1S/C13H13BBrFN2O2/c14-13(20)18-5-3-8(4-6-18)12(19)17-11-2-1-9(16)7-10(11)15/h1-2,7-8H,3-6H2,(H,17,19). The number of hydrogen-bond acceptors (Lipinski definition) is 2. The lowest BCUT2D eigenvalue weighted by molar-refractivity contribution is -0.121. The molecule has 2 amide bonds. The average Bonchev–Trinajstić information content (AvgIpc) is 2.42. The monoisotopic (exact) mass is 338 g/mol. The molecule has 4 nitrogen and oxygen atoms in total. The van der Waals surface area contributed by atoms with Crippen LogP contribution in [0.4, 0.5) is 14.9 Å². The van der Waals surface area contributed by atoms with Crippen molar-refractivity contribution in [2.45, 2.75) is 12.8 Å². The Morgan fingerprint density at radius 2 is 2.00 bits per heavy atom. The number of rotatable bonds is 2.